The third-order valence-electron chi connectivity index (χ3n) is 5.84. The van der Waals surface area contributed by atoms with Crippen molar-refractivity contribution >= 4 is 46.9 Å². The van der Waals surface area contributed by atoms with E-state index >= 15 is 0 Å². The maximum atomic E-state index is 13.4. The number of thiocarbonyl (C=S) groups is 1. The molecule has 3 aromatic rings. The maximum Gasteiger partial charge on any atom is 0.335 e. The summed E-state index contributed by atoms with van der Waals surface area (Å²) in [5.41, 5.74) is 5.88. The van der Waals surface area contributed by atoms with Crippen LogP contribution in [0.5, 0.6) is 0 Å². The van der Waals surface area contributed by atoms with Gasteiger partial charge in [0, 0.05) is 17.1 Å². The predicted octanol–water partition coefficient (Wildman–Crippen LogP) is 4.24. The Hall–Kier alpha value is -4.04. The molecule has 0 atom stereocenters. The molecule has 4 rings (SSSR count). The van der Waals surface area contributed by atoms with Crippen molar-refractivity contribution in [1.29, 1.82) is 0 Å². The highest BCUT2D eigenvalue weighted by Gasteiger charge is 2.35. The standard InChI is InChI=1S/C26H23N3O4S/c1-14-5-10-22(15(2)11-14)29-24(31)21(23(30)27-26(29)34)13-19-12-16(3)28(17(19)4)20-8-6-18(7-9-20)25(32)33/h5-13H,1-4H3,(H,32,33)(H,27,30,34)/b21-13+. The Morgan fingerprint density at radius 3 is 2.29 bits per heavy atom. The summed E-state index contributed by atoms with van der Waals surface area (Å²) in [6.07, 6.45) is 1.57. The number of aromatic nitrogens is 1. The lowest BCUT2D eigenvalue weighted by Crippen LogP contribution is -2.54. The summed E-state index contributed by atoms with van der Waals surface area (Å²) in [6, 6.07) is 14.1. The summed E-state index contributed by atoms with van der Waals surface area (Å²) in [5.74, 6) is -2.03. The lowest BCUT2D eigenvalue weighted by Gasteiger charge is -2.30. The monoisotopic (exact) mass is 473 g/mol. The fraction of sp³-hybridized carbons (Fsp3) is 0.154. The molecular formula is C26H23N3O4S. The number of aromatic carboxylic acids is 1. The van der Waals surface area contributed by atoms with Crippen molar-refractivity contribution in [3.05, 3.63) is 87.7 Å². The molecule has 0 radical (unpaired) electrons. The van der Waals surface area contributed by atoms with Crippen molar-refractivity contribution in [2.45, 2.75) is 27.7 Å². The predicted molar refractivity (Wildman–Crippen MR) is 134 cm³/mol. The first-order valence-corrected chi connectivity index (χ1v) is 11.0. The first kappa shape index (κ1) is 23.1. The Morgan fingerprint density at radius 2 is 1.68 bits per heavy atom. The molecule has 0 spiro atoms. The van der Waals surface area contributed by atoms with Crippen LogP contribution in [0.3, 0.4) is 0 Å². The number of nitrogens with one attached hydrogen (secondary N) is 1. The molecule has 1 saturated heterocycles. The van der Waals surface area contributed by atoms with Crippen LogP contribution in [0.2, 0.25) is 0 Å². The van der Waals surface area contributed by atoms with Crippen LogP contribution < -0.4 is 10.2 Å². The number of anilines is 1. The second-order valence-corrected chi connectivity index (χ2v) is 8.65. The summed E-state index contributed by atoms with van der Waals surface area (Å²) in [6.45, 7) is 7.63. The molecule has 1 aliphatic rings. The maximum absolute atomic E-state index is 13.4. The molecule has 0 unspecified atom stereocenters. The van der Waals surface area contributed by atoms with E-state index in [1.54, 1.807) is 18.2 Å². The Morgan fingerprint density at radius 1 is 1.00 bits per heavy atom. The highest BCUT2D eigenvalue weighted by Crippen LogP contribution is 2.28. The molecule has 0 saturated carbocycles. The van der Waals surface area contributed by atoms with Crippen LogP contribution in [0.25, 0.3) is 11.8 Å². The minimum atomic E-state index is -0.994. The van der Waals surface area contributed by atoms with Crippen LogP contribution in [0.15, 0.2) is 54.1 Å². The van der Waals surface area contributed by atoms with E-state index in [4.69, 9.17) is 17.3 Å². The Bertz CT molecular complexity index is 1400. The topological polar surface area (TPSA) is 91.6 Å². The van der Waals surface area contributed by atoms with Crippen molar-refractivity contribution in [2.24, 2.45) is 0 Å². The number of nitrogens with zero attached hydrogens (tertiary/aromatic N) is 2. The lowest BCUT2D eigenvalue weighted by molar-refractivity contribution is -0.122. The molecule has 2 aromatic carbocycles. The fourth-order valence-corrected chi connectivity index (χ4v) is 4.45. The zero-order valence-corrected chi connectivity index (χ0v) is 20.0. The molecule has 0 aliphatic carbocycles. The smallest absolute Gasteiger partial charge is 0.335 e. The summed E-state index contributed by atoms with van der Waals surface area (Å²) >= 11 is 5.32. The van der Waals surface area contributed by atoms with Crippen LogP contribution >= 0.6 is 12.2 Å². The van der Waals surface area contributed by atoms with Gasteiger partial charge in [-0.25, -0.2) is 4.79 Å². The van der Waals surface area contributed by atoms with Gasteiger partial charge in [0.1, 0.15) is 5.57 Å². The molecule has 7 nitrogen and oxygen atoms in total. The number of hydrogen-bond donors (Lipinski definition) is 2. The third kappa shape index (κ3) is 4.04. The number of carboxylic acid groups (broad SMARTS) is 1. The SMILES string of the molecule is Cc1ccc(N2C(=O)/C(=C/c3cc(C)n(-c4ccc(C(=O)O)cc4)c3C)C(=O)NC2=S)c(C)c1. The van der Waals surface area contributed by atoms with E-state index in [0.29, 0.717) is 11.3 Å². The molecule has 34 heavy (non-hydrogen) atoms. The average Bonchev–Trinajstić information content (AvgIpc) is 3.05. The minimum absolute atomic E-state index is 0.0185. The summed E-state index contributed by atoms with van der Waals surface area (Å²) in [4.78, 5) is 38.7. The fourth-order valence-electron chi connectivity index (χ4n) is 4.17. The quantitative estimate of drug-likeness (QED) is 0.336. The lowest BCUT2D eigenvalue weighted by atomic mass is 10.0. The number of carbonyl (C=O) groups excluding carboxylic acids is 2. The molecular weight excluding hydrogens is 450 g/mol. The van der Waals surface area contributed by atoms with Gasteiger partial charge in [0.15, 0.2) is 5.11 Å². The third-order valence-corrected chi connectivity index (χ3v) is 6.12. The summed E-state index contributed by atoms with van der Waals surface area (Å²) < 4.78 is 1.94. The molecule has 8 heteroatoms. The van der Waals surface area contributed by atoms with E-state index in [1.807, 2.05) is 56.5 Å². The van der Waals surface area contributed by atoms with Gasteiger partial charge < -0.3 is 9.67 Å². The number of carbonyl (C=O) groups is 3. The van der Waals surface area contributed by atoms with Gasteiger partial charge in [-0.1, -0.05) is 17.7 Å². The van der Waals surface area contributed by atoms with E-state index < -0.39 is 17.8 Å². The molecule has 2 N–H and O–H groups in total. The van der Waals surface area contributed by atoms with Crippen molar-refractivity contribution < 1.29 is 19.5 Å². The Balaban J connectivity index is 1.75. The van der Waals surface area contributed by atoms with Crippen molar-refractivity contribution in [2.75, 3.05) is 4.90 Å². The molecule has 2 heterocycles. The van der Waals surface area contributed by atoms with Crippen LogP contribution in [0.4, 0.5) is 5.69 Å². The van der Waals surface area contributed by atoms with E-state index in [0.717, 1.165) is 28.2 Å². The van der Waals surface area contributed by atoms with Gasteiger partial charge in [0.2, 0.25) is 0 Å². The van der Waals surface area contributed by atoms with Crippen LogP contribution in [0, 0.1) is 27.7 Å². The van der Waals surface area contributed by atoms with Crippen LogP contribution in [-0.2, 0) is 9.59 Å². The van der Waals surface area contributed by atoms with E-state index in [9.17, 15) is 14.4 Å². The van der Waals surface area contributed by atoms with Gasteiger partial charge in [0.25, 0.3) is 11.8 Å². The van der Waals surface area contributed by atoms with E-state index in [2.05, 4.69) is 5.32 Å². The van der Waals surface area contributed by atoms with Gasteiger partial charge in [0.05, 0.1) is 11.3 Å². The number of aryl methyl sites for hydroxylation is 3. The van der Waals surface area contributed by atoms with Gasteiger partial charge >= 0.3 is 5.97 Å². The summed E-state index contributed by atoms with van der Waals surface area (Å²) in [5, 5.41) is 11.8. The average molecular weight is 474 g/mol. The van der Waals surface area contributed by atoms with Gasteiger partial charge in [-0.15, -0.1) is 0 Å². The number of carboxylic acids is 1. The van der Waals surface area contributed by atoms with Crippen molar-refractivity contribution in [3.8, 4) is 5.69 Å². The minimum Gasteiger partial charge on any atom is -0.478 e. The Labute approximate surface area is 202 Å². The zero-order valence-electron chi connectivity index (χ0n) is 19.2. The first-order valence-electron chi connectivity index (χ1n) is 10.6. The molecule has 172 valence electrons. The van der Waals surface area contributed by atoms with Crippen LogP contribution in [-0.4, -0.2) is 32.6 Å². The highest BCUT2D eigenvalue weighted by molar-refractivity contribution is 7.80. The van der Waals surface area contributed by atoms with Gasteiger partial charge in [-0.2, -0.15) is 0 Å². The largest absolute Gasteiger partial charge is 0.478 e. The second kappa shape index (κ2) is 8.72. The van der Waals surface area contributed by atoms with E-state index in [1.165, 1.54) is 17.0 Å². The number of hydrogen-bond acceptors (Lipinski definition) is 4. The molecule has 1 aliphatic heterocycles. The van der Waals surface area contributed by atoms with Gasteiger partial charge in [-0.05, 0) is 93.5 Å². The normalized spacial score (nSPS) is 15.1. The second-order valence-electron chi connectivity index (χ2n) is 8.26. The molecule has 0 bridgehead atoms. The van der Waals surface area contributed by atoms with E-state index in [-0.39, 0.29) is 16.2 Å². The molecule has 1 aromatic heterocycles. The van der Waals surface area contributed by atoms with Gasteiger partial charge in [-0.3, -0.25) is 19.8 Å². The molecule has 2 amide bonds. The Kier molecular flexibility index (Phi) is 5.93. The highest BCUT2D eigenvalue weighted by atomic mass is 32.1. The summed E-state index contributed by atoms with van der Waals surface area (Å²) in [7, 11) is 0. The first-order chi connectivity index (χ1) is 16.1. The zero-order chi connectivity index (χ0) is 24.7. The van der Waals surface area contributed by atoms with Crippen LogP contribution in [0.1, 0.15) is 38.4 Å². The van der Waals surface area contributed by atoms with Crippen molar-refractivity contribution in [3.63, 3.8) is 0 Å². The number of benzene rings is 2. The van der Waals surface area contributed by atoms with Crippen molar-refractivity contribution in [1.82, 2.24) is 9.88 Å². The number of amides is 2. The number of rotatable bonds is 4. The molecule has 1 fully saturated rings.